The Balaban J connectivity index is 1.31. The van der Waals surface area contributed by atoms with Gasteiger partial charge in [-0.15, -0.1) is 27.7 Å². The van der Waals surface area contributed by atoms with E-state index in [2.05, 4.69) is 196 Å². The van der Waals surface area contributed by atoms with Crippen LogP contribution < -0.4 is 60.1 Å². The number of nitrogens with zero attached hydrogens (tertiary/aromatic N) is 3. The molecular weight excluding hydrogens is 734 g/mol. The van der Waals surface area contributed by atoms with Crippen molar-refractivity contribution in [3.8, 4) is 67.5 Å². The summed E-state index contributed by atoms with van der Waals surface area (Å²) in [6.07, 6.45) is 0. The van der Waals surface area contributed by atoms with Crippen molar-refractivity contribution >= 4 is 178 Å². The predicted octanol–water partition coefficient (Wildman–Crippen LogP) is -6.92. The Morgan fingerprint density at radius 2 is 0.700 bits per heavy atom. The summed E-state index contributed by atoms with van der Waals surface area (Å²) < 4.78 is 2.67. The molecule has 0 unspecified atom stereocenters. The van der Waals surface area contributed by atoms with Crippen molar-refractivity contribution in [3.05, 3.63) is 109 Å². The average molecular weight is 774 g/mol. The van der Waals surface area contributed by atoms with Crippen LogP contribution in [0.3, 0.4) is 0 Å². The number of thiophene rings is 1. The molecule has 15 heteroatoms. The van der Waals surface area contributed by atoms with Gasteiger partial charge in [0.2, 0.25) is 0 Å². The highest BCUT2D eigenvalue weighted by Gasteiger charge is 2.26. The third kappa shape index (κ3) is 6.48. The second-order valence-electron chi connectivity index (χ2n) is 16.7. The Labute approximate surface area is 367 Å². The van der Waals surface area contributed by atoms with Gasteiger partial charge in [-0.1, -0.05) is 147 Å². The molecule has 0 aliphatic carbocycles. The lowest BCUT2D eigenvalue weighted by atomic mass is 9.58. The van der Waals surface area contributed by atoms with E-state index in [4.69, 9.17) is 15.0 Å². The number of rotatable bonds is 6. The summed E-state index contributed by atoms with van der Waals surface area (Å²) in [5.41, 5.74) is 25.1. The molecule has 7 aromatic carbocycles. The number of hydrogen-bond donors (Lipinski definition) is 0. The second-order valence-corrected chi connectivity index (χ2v) is 17.7. The van der Waals surface area contributed by atoms with Crippen LogP contribution >= 0.6 is 11.3 Å². The number of aromatic nitrogens is 3. The summed E-state index contributed by atoms with van der Waals surface area (Å²) in [6, 6.07) is 38.2. The van der Waals surface area contributed by atoms with Crippen molar-refractivity contribution in [2.45, 2.75) is 0 Å². The smallest absolute Gasteiger partial charge is 0.164 e. The highest BCUT2D eigenvalue weighted by Crippen LogP contribution is 2.37. The van der Waals surface area contributed by atoms with Crippen LogP contribution in [0.15, 0.2) is 109 Å². The molecular formula is C45H40B11N3S. The first kappa shape index (κ1) is 39.9. The van der Waals surface area contributed by atoms with Gasteiger partial charge in [-0.05, 0) is 44.8 Å². The summed E-state index contributed by atoms with van der Waals surface area (Å²) in [4.78, 5) is 15.9. The fourth-order valence-electron chi connectivity index (χ4n) is 9.33. The van der Waals surface area contributed by atoms with Gasteiger partial charge in [-0.25, -0.2) is 15.0 Å². The Morgan fingerprint density at radius 1 is 0.283 bits per heavy atom. The van der Waals surface area contributed by atoms with E-state index >= 15 is 0 Å². The maximum absolute atomic E-state index is 5.37. The van der Waals surface area contributed by atoms with Crippen molar-refractivity contribution in [2.75, 3.05) is 0 Å². The van der Waals surface area contributed by atoms with Crippen LogP contribution in [0.1, 0.15) is 0 Å². The van der Waals surface area contributed by atoms with Gasteiger partial charge in [0.1, 0.15) is 86.3 Å². The lowest BCUT2D eigenvalue weighted by molar-refractivity contribution is 1.08. The molecule has 9 aromatic rings. The molecule has 9 rings (SSSR count). The zero-order valence-electron chi connectivity index (χ0n) is 36.6. The summed E-state index contributed by atoms with van der Waals surface area (Å²) in [5, 5.41) is 2.74. The quantitative estimate of drug-likeness (QED) is 0.158. The van der Waals surface area contributed by atoms with E-state index in [1.165, 1.54) is 97.0 Å². The van der Waals surface area contributed by atoms with Crippen LogP contribution in [0.2, 0.25) is 0 Å². The molecule has 0 atom stereocenters. The zero-order chi connectivity index (χ0) is 42.1. The van der Waals surface area contributed by atoms with Gasteiger partial charge in [0, 0.05) is 31.5 Å². The van der Waals surface area contributed by atoms with Crippen molar-refractivity contribution in [1.82, 2.24) is 15.0 Å². The van der Waals surface area contributed by atoms with Gasteiger partial charge in [-0.2, -0.15) is 0 Å². The van der Waals surface area contributed by atoms with Gasteiger partial charge in [0.05, 0.1) is 0 Å². The van der Waals surface area contributed by atoms with Gasteiger partial charge < -0.3 is 0 Å². The largest absolute Gasteiger partial charge is 0.208 e. The summed E-state index contributed by atoms with van der Waals surface area (Å²) in [6.45, 7) is 0. The fraction of sp³-hybridized carbons (Fsp3) is 0. The van der Waals surface area contributed by atoms with E-state index in [-0.39, 0.29) is 0 Å². The summed E-state index contributed by atoms with van der Waals surface area (Å²) in [5.74, 6) is 2.02. The molecule has 0 fully saturated rings. The molecule has 2 heterocycles. The van der Waals surface area contributed by atoms with Crippen LogP contribution in [-0.2, 0) is 0 Å². The lowest BCUT2D eigenvalue weighted by Gasteiger charge is -2.25. The molecule has 0 saturated heterocycles. The topological polar surface area (TPSA) is 38.7 Å². The van der Waals surface area contributed by atoms with E-state index in [1.54, 1.807) is 0 Å². The highest BCUT2D eigenvalue weighted by molar-refractivity contribution is 7.28. The lowest BCUT2D eigenvalue weighted by Crippen LogP contribution is -2.56. The van der Waals surface area contributed by atoms with Crippen molar-refractivity contribution < 1.29 is 0 Å². The standard InChI is InChI=1S/C45H40B11N3S/c46-30-25(27-31(47)36(52)39(55)37(53)32(27)48)26-28-33(49)34(50)29(35(51)42(28)60-41(26)40(56)38(30)54)45-58-43(22-16-14-21(15-17-22)19-8-3-1-4-9-19)57-44(59-45)24-13-7-12-23(18-24)20-10-5-2-6-11-20/h1-18H,46-56H2. The third-order valence-electron chi connectivity index (χ3n) is 13.6. The zero-order valence-corrected chi connectivity index (χ0v) is 37.5. The third-order valence-corrected chi connectivity index (χ3v) is 15.0. The maximum atomic E-state index is 5.37. The minimum Gasteiger partial charge on any atom is -0.208 e. The predicted molar refractivity (Wildman–Crippen MR) is 295 cm³/mol. The van der Waals surface area contributed by atoms with Crippen LogP contribution in [-0.4, -0.2) is 101 Å². The average Bonchev–Trinajstić information content (AvgIpc) is 3.69. The molecule has 60 heavy (non-hydrogen) atoms. The van der Waals surface area contributed by atoms with E-state index in [9.17, 15) is 0 Å². The molecule has 0 N–H and O–H groups in total. The number of fused-ring (bicyclic) bond motifs is 3. The molecule has 274 valence electrons. The normalized spacial score (nSPS) is 11.4. The summed E-state index contributed by atoms with van der Waals surface area (Å²) >= 11 is 1.93. The molecule has 0 saturated carbocycles. The fourth-order valence-corrected chi connectivity index (χ4v) is 10.8. The molecule has 2 aromatic heterocycles. The van der Waals surface area contributed by atoms with Crippen LogP contribution in [0.5, 0.6) is 0 Å². The second kappa shape index (κ2) is 15.5. The molecule has 0 aliphatic heterocycles. The van der Waals surface area contributed by atoms with E-state index in [0.717, 1.165) is 33.4 Å². The molecule has 3 nitrogen and oxygen atoms in total. The Bertz CT molecular complexity index is 3180. The Kier molecular flexibility index (Phi) is 10.3. The van der Waals surface area contributed by atoms with Gasteiger partial charge in [-0.3, -0.25) is 0 Å². The monoisotopic (exact) mass is 775 g/mol. The van der Waals surface area contributed by atoms with Crippen molar-refractivity contribution in [2.24, 2.45) is 0 Å². The first-order valence-electron chi connectivity index (χ1n) is 21.0. The minimum absolute atomic E-state index is 0.660. The van der Waals surface area contributed by atoms with E-state index in [1.807, 2.05) is 11.3 Å². The summed E-state index contributed by atoms with van der Waals surface area (Å²) in [7, 11) is 25.3. The number of hydrogen-bond acceptors (Lipinski definition) is 4. The van der Waals surface area contributed by atoms with E-state index < -0.39 is 0 Å². The van der Waals surface area contributed by atoms with Crippen LogP contribution in [0.4, 0.5) is 0 Å². The minimum atomic E-state index is 0.660. The Morgan fingerprint density at radius 3 is 1.32 bits per heavy atom. The molecule has 0 aliphatic rings. The number of benzene rings is 7. The maximum Gasteiger partial charge on any atom is 0.164 e. The molecule has 0 radical (unpaired) electrons. The van der Waals surface area contributed by atoms with Gasteiger partial charge in [0.25, 0.3) is 0 Å². The first-order valence-corrected chi connectivity index (χ1v) is 21.8. The molecule has 0 spiro atoms. The van der Waals surface area contributed by atoms with Crippen LogP contribution in [0.25, 0.3) is 87.7 Å². The SMILES string of the molecule is Bc1c(B)c(B)c(-c2c(B)c(B)c(B)c3sc4c(B)c(-c5nc(-c6ccc(-c7ccccc7)cc6)nc(-c6cccc(-c7ccccc7)c6)n5)c(B)c(B)c4c23)c(B)c1B. The first-order chi connectivity index (χ1) is 28.8. The van der Waals surface area contributed by atoms with Gasteiger partial charge >= 0.3 is 0 Å². The molecule has 0 amide bonds. The van der Waals surface area contributed by atoms with Gasteiger partial charge in [0.15, 0.2) is 17.5 Å². The van der Waals surface area contributed by atoms with E-state index in [0.29, 0.717) is 17.5 Å². The Hall–Kier alpha value is -5.52. The molecule has 0 bridgehead atoms. The van der Waals surface area contributed by atoms with Crippen molar-refractivity contribution in [1.29, 1.82) is 0 Å². The highest BCUT2D eigenvalue weighted by atomic mass is 32.1. The van der Waals surface area contributed by atoms with Crippen LogP contribution in [0, 0.1) is 0 Å². The van der Waals surface area contributed by atoms with Crippen molar-refractivity contribution in [3.63, 3.8) is 0 Å².